The molecule has 0 amide bonds. The highest BCUT2D eigenvalue weighted by Crippen LogP contribution is 2.19. The number of rotatable bonds is 4. The van der Waals surface area contributed by atoms with E-state index in [1.807, 2.05) is 20.8 Å². The summed E-state index contributed by atoms with van der Waals surface area (Å²) in [5, 5.41) is 9.16. The first-order chi connectivity index (χ1) is 7.47. The molecule has 4 nitrogen and oxygen atoms in total. The summed E-state index contributed by atoms with van der Waals surface area (Å²) in [4.78, 5) is 22.9. The second kappa shape index (κ2) is 4.96. The van der Waals surface area contributed by atoms with E-state index in [4.69, 9.17) is 5.11 Å². The maximum absolute atomic E-state index is 11.7. The fraction of sp³-hybridized carbons (Fsp3) is 0.500. The van der Waals surface area contributed by atoms with E-state index in [1.165, 1.54) is 10.6 Å². The number of carboxylic acids is 1. The number of nitrogens with zero attached hydrogens (tertiary/aromatic N) is 1. The van der Waals surface area contributed by atoms with Crippen LogP contribution in [0.5, 0.6) is 0 Å². The largest absolute Gasteiger partial charge is 0.480 e. The van der Waals surface area contributed by atoms with Crippen LogP contribution in [0.1, 0.15) is 31.9 Å². The lowest BCUT2D eigenvalue weighted by molar-refractivity contribution is -0.142. The second-order valence-electron chi connectivity index (χ2n) is 4.12. The zero-order valence-corrected chi connectivity index (χ0v) is 9.80. The summed E-state index contributed by atoms with van der Waals surface area (Å²) in [6.45, 7) is 5.57. The van der Waals surface area contributed by atoms with Crippen molar-refractivity contribution in [3.05, 3.63) is 34.2 Å². The Morgan fingerprint density at radius 1 is 1.56 bits per heavy atom. The number of aliphatic carboxylic acids is 1. The standard InChI is InChI=1S/C12H17NO3/c1-4-9(3)11(12(15)16)13-6-5-8(2)7-10(13)14/h5-7,9,11H,4H2,1-3H3,(H,15,16)/t9-,11-/m0/s1. The van der Waals surface area contributed by atoms with Gasteiger partial charge in [-0.3, -0.25) is 4.79 Å². The van der Waals surface area contributed by atoms with Gasteiger partial charge < -0.3 is 9.67 Å². The number of aryl methyl sites for hydroxylation is 1. The van der Waals surface area contributed by atoms with Gasteiger partial charge in [-0.25, -0.2) is 4.79 Å². The molecule has 1 aromatic heterocycles. The average molecular weight is 223 g/mol. The molecule has 0 aliphatic heterocycles. The first-order valence-electron chi connectivity index (χ1n) is 5.39. The lowest BCUT2D eigenvalue weighted by atomic mass is 9.99. The molecule has 0 aliphatic rings. The Bertz CT molecular complexity index is 436. The van der Waals surface area contributed by atoms with E-state index in [1.54, 1.807) is 12.3 Å². The molecule has 88 valence electrons. The molecule has 1 N–H and O–H groups in total. The molecule has 16 heavy (non-hydrogen) atoms. The molecule has 4 heteroatoms. The summed E-state index contributed by atoms with van der Waals surface area (Å²) in [5.74, 6) is -1.03. The van der Waals surface area contributed by atoms with Gasteiger partial charge >= 0.3 is 5.97 Å². The topological polar surface area (TPSA) is 59.3 Å². The Morgan fingerprint density at radius 2 is 2.19 bits per heavy atom. The molecule has 0 fully saturated rings. The lowest BCUT2D eigenvalue weighted by Crippen LogP contribution is -2.33. The van der Waals surface area contributed by atoms with E-state index >= 15 is 0 Å². The van der Waals surface area contributed by atoms with Crippen molar-refractivity contribution in [3.8, 4) is 0 Å². The van der Waals surface area contributed by atoms with E-state index in [2.05, 4.69) is 0 Å². The molecule has 1 heterocycles. The predicted molar refractivity (Wildman–Crippen MR) is 61.6 cm³/mol. The van der Waals surface area contributed by atoms with Crippen LogP contribution in [0.4, 0.5) is 0 Å². The van der Waals surface area contributed by atoms with Gasteiger partial charge in [0.15, 0.2) is 0 Å². The molecule has 0 saturated carbocycles. The van der Waals surface area contributed by atoms with Gasteiger partial charge in [0.05, 0.1) is 0 Å². The zero-order valence-electron chi connectivity index (χ0n) is 9.80. The number of aromatic nitrogens is 1. The summed E-state index contributed by atoms with van der Waals surface area (Å²) in [5.41, 5.74) is 0.585. The Morgan fingerprint density at radius 3 is 2.62 bits per heavy atom. The summed E-state index contributed by atoms with van der Waals surface area (Å²) >= 11 is 0. The van der Waals surface area contributed by atoms with Crippen molar-refractivity contribution in [2.45, 2.75) is 33.2 Å². The van der Waals surface area contributed by atoms with Crippen molar-refractivity contribution in [1.29, 1.82) is 0 Å². The molecule has 1 rings (SSSR count). The minimum atomic E-state index is -0.958. The molecule has 0 aliphatic carbocycles. The molecule has 0 unspecified atom stereocenters. The van der Waals surface area contributed by atoms with Gasteiger partial charge in [-0.2, -0.15) is 0 Å². The van der Waals surface area contributed by atoms with Crippen molar-refractivity contribution in [2.24, 2.45) is 5.92 Å². The smallest absolute Gasteiger partial charge is 0.327 e. The summed E-state index contributed by atoms with van der Waals surface area (Å²) in [6, 6.07) is 2.43. The third-order valence-electron chi connectivity index (χ3n) is 2.84. The van der Waals surface area contributed by atoms with E-state index in [-0.39, 0.29) is 11.5 Å². The summed E-state index contributed by atoms with van der Waals surface area (Å²) in [6.07, 6.45) is 2.28. The first kappa shape index (κ1) is 12.5. The third-order valence-corrected chi connectivity index (χ3v) is 2.84. The van der Waals surface area contributed by atoms with Gasteiger partial charge in [0.1, 0.15) is 6.04 Å². The van der Waals surface area contributed by atoms with Gasteiger partial charge in [-0.05, 0) is 24.5 Å². The molecule has 2 atom stereocenters. The molecule has 0 bridgehead atoms. The van der Waals surface area contributed by atoms with Crippen LogP contribution in [0.2, 0.25) is 0 Å². The highest BCUT2D eigenvalue weighted by Gasteiger charge is 2.25. The fourth-order valence-corrected chi connectivity index (χ4v) is 1.68. The molecule has 0 radical (unpaired) electrons. The van der Waals surface area contributed by atoms with Gasteiger partial charge in [0.2, 0.25) is 0 Å². The Labute approximate surface area is 94.5 Å². The zero-order chi connectivity index (χ0) is 12.3. The van der Waals surface area contributed by atoms with E-state index < -0.39 is 12.0 Å². The maximum atomic E-state index is 11.7. The van der Waals surface area contributed by atoms with Crippen molar-refractivity contribution in [3.63, 3.8) is 0 Å². The minimum absolute atomic E-state index is 0.0714. The highest BCUT2D eigenvalue weighted by molar-refractivity contribution is 5.72. The lowest BCUT2D eigenvalue weighted by Gasteiger charge is -2.21. The molecule has 0 spiro atoms. The van der Waals surface area contributed by atoms with Crippen LogP contribution >= 0.6 is 0 Å². The van der Waals surface area contributed by atoms with Crippen LogP contribution in [0.3, 0.4) is 0 Å². The summed E-state index contributed by atoms with van der Waals surface area (Å²) in [7, 11) is 0. The van der Waals surface area contributed by atoms with E-state index in [0.717, 1.165) is 12.0 Å². The Kier molecular flexibility index (Phi) is 3.88. The number of hydrogen-bond acceptors (Lipinski definition) is 2. The van der Waals surface area contributed by atoms with Crippen LogP contribution in [0.15, 0.2) is 23.1 Å². The fourth-order valence-electron chi connectivity index (χ4n) is 1.68. The first-order valence-corrected chi connectivity index (χ1v) is 5.39. The van der Waals surface area contributed by atoms with Crippen LogP contribution in [-0.2, 0) is 4.79 Å². The van der Waals surface area contributed by atoms with Gasteiger partial charge in [0.25, 0.3) is 5.56 Å². The number of carboxylic acid groups (broad SMARTS) is 1. The normalized spacial score (nSPS) is 14.4. The van der Waals surface area contributed by atoms with Crippen LogP contribution in [-0.4, -0.2) is 15.6 Å². The quantitative estimate of drug-likeness (QED) is 0.847. The average Bonchev–Trinajstić information content (AvgIpc) is 2.21. The van der Waals surface area contributed by atoms with Gasteiger partial charge in [-0.1, -0.05) is 20.3 Å². The van der Waals surface area contributed by atoms with Crippen molar-refractivity contribution < 1.29 is 9.90 Å². The third kappa shape index (κ3) is 2.51. The second-order valence-corrected chi connectivity index (χ2v) is 4.12. The maximum Gasteiger partial charge on any atom is 0.327 e. The molecule has 0 aromatic carbocycles. The Balaban J connectivity index is 3.21. The predicted octanol–water partition coefficient (Wildman–Crippen LogP) is 1.83. The van der Waals surface area contributed by atoms with Gasteiger partial charge in [0, 0.05) is 12.3 Å². The minimum Gasteiger partial charge on any atom is -0.480 e. The van der Waals surface area contributed by atoms with Crippen LogP contribution < -0.4 is 5.56 Å². The summed E-state index contributed by atoms with van der Waals surface area (Å²) < 4.78 is 1.30. The number of carbonyl (C=O) groups is 1. The number of hydrogen-bond donors (Lipinski definition) is 1. The van der Waals surface area contributed by atoms with E-state index in [0.29, 0.717) is 0 Å². The molecule has 0 saturated heterocycles. The monoisotopic (exact) mass is 223 g/mol. The van der Waals surface area contributed by atoms with E-state index in [9.17, 15) is 9.59 Å². The van der Waals surface area contributed by atoms with Crippen LogP contribution in [0, 0.1) is 12.8 Å². The molecular formula is C12H17NO3. The highest BCUT2D eigenvalue weighted by atomic mass is 16.4. The molecular weight excluding hydrogens is 206 g/mol. The van der Waals surface area contributed by atoms with Crippen LogP contribution in [0.25, 0.3) is 0 Å². The number of pyridine rings is 1. The van der Waals surface area contributed by atoms with Gasteiger partial charge in [-0.15, -0.1) is 0 Å². The Hall–Kier alpha value is -1.58. The van der Waals surface area contributed by atoms with Crippen molar-refractivity contribution in [2.75, 3.05) is 0 Å². The van der Waals surface area contributed by atoms with Crippen molar-refractivity contribution in [1.82, 2.24) is 4.57 Å². The van der Waals surface area contributed by atoms with Crippen molar-refractivity contribution >= 4 is 5.97 Å². The molecule has 1 aromatic rings. The SMILES string of the molecule is CC[C@H](C)[C@@H](C(=O)O)n1ccc(C)cc1=O.